The fourth-order valence-electron chi connectivity index (χ4n) is 2.12. The first-order valence-corrected chi connectivity index (χ1v) is 10.1. The maximum Gasteiger partial charge on any atom is 0.257 e. The van der Waals surface area contributed by atoms with Crippen LogP contribution in [0.4, 0.5) is 5.69 Å². The van der Waals surface area contributed by atoms with Crippen LogP contribution in [0.2, 0.25) is 5.02 Å². The lowest BCUT2D eigenvalue weighted by Gasteiger charge is -2.10. The van der Waals surface area contributed by atoms with Crippen molar-refractivity contribution in [1.82, 2.24) is 10.0 Å². The average molecular weight is 426 g/mol. The van der Waals surface area contributed by atoms with E-state index >= 15 is 0 Å². The quantitative estimate of drug-likeness (QED) is 0.530. The molecule has 0 spiro atoms. The van der Waals surface area contributed by atoms with Gasteiger partial charge >= 0.3 is 0 Å². The van der Waals surface area contributed by atoms with E-state index in [-0.39, 0.29) is 36.4 Å². The smallest absolute Gasteiger partial charge is 0.257 e. The molecule has 2 rings (SSSR count). The summed E-state index contributed by atoms with van der Waals surface area (Å²) in [7, 11) is -3.72. The molecule has 150 valence electrons. The topological polar surface area (TPSA) is 114 Å². The highest BCUT2D eigenvalue weighted by molar-refractivity contribution is 7.89. The van der Waals surface area contributed by atoms with Crippen LogP contribution in [0.25, 0.3) is 0 Å². The molecule has 0 heterocycles. The standard InChI is InChI=1S/C18H20ClN3O5S/c1-13(23)22-15-4-8-17(9-5-15)28(25,26)21-11-10-20-18(24)12-27-16-6-2-14(19)3-7-16/h2-9,21H,10-12H2,1H3,(H,20,24)(H,22,23). The zero-order valence-corrected chi connectivity index (χ0v) is 16.6. The molecular weight excluding hydrogens is 406 g/mol. The maximum atomic E-state index is 12.2. The van der Waals surface area contributed by atoms with Gasteiger partial charge in [-0.3, -0.25) is 9.59 Å². The molecule has 28 heavy (non-hydrogen) atoms. The SMILES string of the molecule is CC(=O)Nc1ccc(S(=O)(=O)NCCNC(=O)COc2ccc(Cl)cc2)cc1. The molecule has 3 N–H and O–H groups in total. The molecule has 10 heteroatoms. The summed E-state index contributed by atoms with van der Waals surface area (Å²) in [6.07, 6.45) is 0. The third-order valence-corrected chi connectivity index (χ3v) is 5.14. The Labute approximate surface area is 168 Å². The maximum absolute atomic E-state index is 12.2. The molecule has 0 saturated carbocycles. The van der Waals surface area contributed by atoms with Gasteiger partial charge in [-0.05, 0) is 48.5 Å². The van der Waals surface area contributed by atoms with Crippen molar-refractivity contribution in [2.45, 2.75) is 11.8 Å². The number of benzene rings is 2. The molecule has 2 amide bonds. The van der Waals surface area contributed by atoms with Crippen molar-refractivity contribution in [3.63, 3.8) is 0 Å². The molecule has 2 aromatic rings. The van der Waals surface area contributed by atoms with Gasteiger partial charge in [0.25, 0.3) is 5.91 Å². The van der Waals surface area contributed by atoms with Crippen LogP contribution in [0.3, 0.4) is 0 Å². The van der Waals surface area contributed by atoms with Crippen molar-refractivity contribution in [1.29, 1.82) is 0 Å². The summed E-state index contributed by atoms with van der Waals surface area (Å²) in [4.78, 5) is 22.8. The van der Waals surface area contributed by atoms with Crippen LogP contribution < -0.4 is 20.1 Å². The number of anilines is 1. The second-order valence-corrected chi connectivity index (χ2v) is 7.90. The van der Waals surface area contributed by atoms with Gasteiger partial charge in [-0.2, -0.15) is 0 Å². The van der Waals surface area contributed by atoms with Crippen molar-refractivity contribution in [2.24, 2.45) is 0 Å². The minimum Gasteiger partial charge on any atom is -0.484 e. The van der Waals surface area contributed by atoms with E-state index in [9.17, 15) is 18.0 Å². The number of nitrogens with one attached hydrogen (secondary N) is 3. The molecule has 2 aromatic carbocycles. The number of carbonyl (C=O) groups is 2. The van der Waals surface area contributed by atoms with Crippen LogP contribution >= 0.6 is 11.6 Å². The molecule has 0 aromatic heterocycles. The summed E-state index contributed by atoms with van der Waals surface area (Å²) in [6.45, 7) is 1.29. The largest absolute Gasteiger partial charge is 0.484 e. The molecule has 0 radical (unpaired) electrons. The van der Waals surface area contributed by atoms with Crippen LogP contribution in [0.15, 0.2) is 53.4 Å². The van der Waals surface area contributed by atoms with Crippen molar-refractivity contribution in [3.05, 3.63) is 53.6 Å². The Hall–Kier alpha value is -2.62. The van der Waals surface area contributed by atoms with Crippen molar-refractivity contribution < 1.29 is 22.7 Å². The number of sulfonamides is 1. The van der Waals surface area contributed by atoms with Gasteiger partial charge in [0.05, 0.1) is 4.90 Å². The monoisotopic (exact) mass is 425 g/mol. The van der Waals surface area contributed by atoms with E-state index in [4.69, 9.17) is 16.3 Å². The predicted octanol–water partition coefficient (Wildman–Crippen LogP) is 1.77. The third-order valence-electron chi connectivity index (χ3n) is 3.41. The number of hydrogen-bond donors (Lipinski definition) is 3. The lowest BCUT2D eigenvalue weighted by atomic mass is 10.3. The number of hydrogen-bond acceptors (Lipinski definition) is 5. The molecule has 0 saturated heterocycles. The van der Waals surface area contributed by atoms with Gasteiger partial charge in [0.1, 0.15) is 5.75 Å². The summed E-state index contributed by atoms with van der Waals surface area (Å²) >= 11 is 5.76. The van der Waals surface area contributed by atoms with Crippen LogP contribution in [-0.4, -0.2) is 39.9 Å². The van der Waals surface area contributed by atoms with Gasteiger partial charge in [-0.15, -0.1) is 0 Å². The summed E-state index contributed by atoms with van der Waals surface area (Å²) < 4.78 is 32.1. The Morgan fingerprint density at radius 1 is 1.00 bits per heavy atom. The van der Waals surface area contributed by atoms with E-state index in [0.29, 0.717) is 16.5 Å². The zero-order chi connectivity index (χ0) is 20.6. The number of carbonyl (C=O) groups excluding carboxylic acids is 2. The average Bonchev–Trinajstić information content (AvgIpc) is 2.65. The molecule has 0 aliphatic heterocycles. The van der Waals surface area contributed by atoms with E-state index in [1.165, 1.54) is 31.2 Å². The first kappa shape index (κ1) is 21.7. The number of ether oxygens (including phenoxy) is 1. The Morgan fingerprint density at radius 3 is 2.25 bits per heavy atom. The second-order valence-electron chi connectivity index (χ2n) is 5.70. The minimum absolute atomic E-state index is 0.0163. The van der Waals surface area contributed by atoms with Crippen molar-refractivity contribution >= 4 is 39.1 Å². The molecule has 0 fully saturated rings. The summed E-state index contributed by atoms with van der Waals surface area (Å²) in [5, 5.41) is 5.67. The molecule has 0 bridgehead atoms. The van der Waals surface area contributed by atoms with E-state index in [0.717, 1.165) is 0 Å². The van der Waals surface area contributed by atoms with Gasteiger partial charge in [-0.1, -0.05) is 11.6 Å². The molecule has 0 aliphatic rings. The highest BCUT2D eigenvalue weighted by Crippen LogP contribution is 2.15. The fraction of sp³-hybridized carbons (Fsp3) is 0.222. The second kappa shape index (κ2) is 10.1. The summed E-state index contributed by atoms with van der Waals surface area (Å²) in [6, 6.07) is 12.3. The Balaban J connectivity index is 1.73. The zero-order valence-electron chi connectivity index (χ0n) is 15.1. The summed E-state index contributed by atoms with van der Waals surface area (Å²) in [5.74, 6) is -0.124. The Bertz CT molecular complexity index is 915. The molecule has 8 nitrogen and oxygen atoms in total. The first-order chi connectivity index (χ1) is 13.3. The molecule has 0 aliphatic carbocycles. The van der Waals surface area contributed by atoms with E-state index in [2.05, 4.69) is 15.4 Å². The molecule has 0 unspecified atom stereocenters. The Kier molecular flexibility index (Phi) is 7.80. The fourth-order valence-corrected chi connectivity index (χ4v) is 3.28. The highest BCUT2D eigenvalue weighted by Gasteiger charge is 2.13. The Morgan fingerprint density at radius 2 is 1.64 bits per heavy atom. The van der Waals surface area contributed by atoms with E-state index in [1.54, 1.807) is 24.3 Å². The predicted molar refractivity (Wildman–Crippen MR) is 106 cm³/mol. The van der Waals surface area contributed by atoms with Crippen LogP contribution in [0.5, 0.6) is 5.75 Å². The normalized spacial score (nSPS) is 10.9. The number of halogens is 1. The van der Waals surface area contributed by atoms with E-state index in [1.807, 2.05) is 0 Å². The number of amides is 2. The van der Waals surface area contributed by atoms with Crippen LogP contribution in [0, 0.1) is 0 Å². The molecule has 0 atom stereocenters. The minimum atomic E-state index is -3.72. The van der Waals surface area contributed by atoms with Gasteiger partial charge in [-0.25, -0.2) is 13.1 Å². The van der Waals surface area contributed by atoms with Gasteiger partial charge in [0.15, 0.2) is 6.61 Å². The lowest BCUT2D eigenvalue weighted by molar-refractivity contribution is -0.123. The van der Waals surface area contributed by atoms with Gasteiger partial charge in [0.2, 0.25) is 15.9 Å². The first-order valence-electron chi connectivity index (χ1n) is 8.29. The van der Waals surface area contributed by atoms with Crippen molar-refractivity contribution in [2.75, 3.05) is 25.0 Å². The van der Waals surface area contributed by atoms with E-state index < -0.39 is 10.0 Å². The highest BCUT2D eigenvalue weighted by atomic mass is 35.5. The van der Waals surface area contributed by atoms with Crippen molar-refractivity contribution in [3.8, 4) is 5.75 Å². The van der Waals surface area contributed by atoms with Gasteiger partial charge < -0.3 is 15.4 Å². The lowest BCUT2D eigenvalue weighted by Crippen LogP contribution is -2.36. The third kappa shape index (κ3) is 7.18. The van der Waals surface area contributed by atoms with Gasteiger partial charge in [0, 0.05) is 30.7 Å². The van der Waals surface area contributed by atoms with Crippen LogP contribution in [0.1, 0.15) is 6.92 Å². The summed E-state index contributed by atoms with van der Waals surface area (Å²) in [5.41, 5.74) is 0.499. The molecular formula is C18H20ClN3O5S. The number of rotatable bonds is 9. The van der Waals surface area contributed by atoms with Crippen LogP contribution in [-0.2, 0) is 19.6 Å².